The minimum absolute atomic E-state index is 0.00113. The first-order valence-electron chi connectivity index (χ1n) is 8.33. The van der Waals surface area contributed by atoms with Gasteiger partial charge in [0.15, 0.2) is 0 Å². The number of anilines is 2. The molecule has 0 bridgehead atoms. The zero-order chi connectivity index (χ0) is 17.8. The maximum Gasteiger partial charge on any atom is 0.258 e. The number of amides is 1. The van der Waals surface area contributed by atoms with Crippen molar-refractivity contribution in [2.45, 2.75) is 20.4 Å². The van der Waals surface area contributed by atoms with Crippen LogP contribution in [-0.4, -0.2) is 5.91 Å². The highest BCUT2D eigenvalue weighted by atomic mass is 16.2. The number of aryl methyl sites for hydroxylation is 2. The van der Waals surface area contributed by atoms with Gasteiger partial charge in [0.2, 0.25) is 0 Å². The third-order valence-corrected chi connectivity index (χ3v) is 4.29. The van der Waals surface area contributed by atoms with Crippen LogP contribution in [0, 0.1) is 13.8 Å². The summed E-state index contributed by atoms with van der Waals surface area (Å²) in [7, 11) is 0. The number of carbonyl (C=O) groups excluding carboxylic acids is 1. The minimum Gasteiger partial charge on any atom is -0.399 e. The molecule has 3 aromatic carbocycles. The molecule has 3 aromatic rings. The van der Waals surface area contributed by atoms with Crippen LogP contribution in [0.1, 0.15) is 27.0 Å². The lowest BCUT2D eigenvalue weighted by Crippen LogP contribution is -2.31. The van der Waals surface area contributed by atoms with Gasteiger partial charge in [-0.25, -0.2) is 0 Å². The molecule has 126 valence electrons. The van der Waals surface area contributed by atoms with E-state index in [0.717, 1.165) is 28.1 Å². The summed E-state index contributed by atoms with van der Waals surface area (Å²) in [6, 6.07) is 23.4. The van der Waals surface area contributed by atoms with Crippen LogP contribution >= 0.6 is 0 Å². The number of nitrogens with zero attached hydrogens (tertiary/aromatic N) is 1. The smallest absolute Gasteiger partial charge is 0.258 e. The Morgan fingerprint density at radius 1 is 0.880 bits per heavy atom. The van der Waals surface area contributed by atoms with Crippen molar-refractivity contribution in [1.82, 2.24) is 0 Å². The van der Waals surface area contributed by atoms with Crippen LogP contribution in [0.4, 0.5) is 11.4 Å². The standard InChI is InChI=1S/C22H22N2O/c1-16-7-13-20(14-8-16)24(15-18-9-11-19(23)12-10-18)22(25)21-6-4-3-5-17(21)2/h3-14H,15,23H2,1-2H3. The summed E-state index contributed by atoms with van der Waals surface area (Å²) in [6.07, 6.45) is 0. The Morgan fingerprint density at radius 2 is 1.52 bits per heavy atom. The Labute approximate surface area is 148 Å². The first-order valence-corrected chi connectivity index (χ1v) is 8.33. The van der Waals surface area contributed by atoms with E-state index in [1.807, 2.05) is 91.5 Å². The van der Waals surface area contributed by atoms with Gasteiger partial charge in [-0.3, -0.25) is 4.79 Å². The zero-order valence-corrected chi connectivity index (χ0v) is 14.6. The van der Waals surface area contributed by atoms with Gasteiger partial charge in [0.05, 0.1) is 6.54 Å². The van der Waals surface area contributed by atoms with Crippen molar-refractivity contribution < 1.29 is 4.79 Å². The maximum atomic E-state index is 13.2. The average Bonchev–Trinajstić information content (AvgIpc) is 2.62. The number of rotatable bonds is 4. The van der Waals surface area contributed by atoms with E-state index in [1.165, 1.54) is 5.56 Å². The van der Waals surface area contributed by atoms with Crippen molar-refractivity contribution in [3.05, 3.63) is 95.1 Å². The van der Waals surface area contributed by atoms with Gasteiger partial charge < -0.3 is 10.6 Å². The summed E-state index contributed by atoms with van der Waals surface area (Å²) in [5.74, 6) is -0.00113. The fourth-order valence-corrected chi connectivity index (χ4v) is 2.77. The van der Waals surface area contributed by atoms with E-state index in [9.17, 15) is 4.79 Å². The number of carbonyl (C=O) groups is 1. The van der Waals surface area contributed by atoms with E-state index in [-0.39, 0.29) is 5.91 Å². The molecule has 1 amide bonds. The molecule has 25 heavy (non-hydrogen) atoms. The first-order chi connectivity index (χ1) is 12.0. The molecule has 0 aliphatic heterocycles. The Hall–Kier alpha value is -3.07. The summed E-state index contributed by atoms with van der Waals surface area (Å²) in [4.78, 5) is 15.0. The zero-order valence-electron chi connectivity index (χ0n) is 14.6. The van der Waals surface area contributed by atoms with Gasteiger partial charge >= 0.3 is 0 Å². The Bertz CT molecular complexity index is 867. The number of hydrogen-bond donors (Lipinski definition) is 1. The lowest BCUT2D eigenvalue weighted by molar-refractivity contribution is 0.0984. The molecule has 0 aromatic heterocycles. The molecule has 0 aliphatic carbocycles. The Kier molecular flexibility index (Phi) is 4.85. The number of hydrogen-bond acceptors (Lipinski definition) is 2. The highest BCUT2D eigenvalue weighted by Gasteiger charge is 2.19. The molecular formula is C22H22N2O. The molecule has 0 heterocycles. The Balaban J connectivity index is 1.99. The van der Waals surface area contributed by atoms with E-state index in [0.29, 0.717) is 6.54 Å². The molecule has 0 aliphatic rings. The average molecular weight is 330 g/mol. The van der Waals surface area contributed by atoms with Crippen molar-refractivity contribution in [3.63, 3.8) is 0 Å². The van der Waals surface area contributed by atoms with E-state index in [2.05, 4.69) is 0 Å². The van der Waals surface area contributed by atoms with Crippen LogP contribution in [0.5, 0.6) is 0 Å². The van der Waals surface area contributed by atoms with Gasteiger partial charge in [0, 0.05) is 16.9 Å². The molecule has 0 unspecified atom stereocenters. The van der Waals surface area contributed by atoms with Gasteiger partial charge in [-0.1, -0.05) is 48.0 Å². The largest absolute Gasteiger partial charge is 0.399 e. The van der Waals surface area contributed by atoms with Gasteiger partial charge in [0.25, 0.3) is 5.91 Å². The molecule has 0 atom stereocenters. The van der Waals surface area contributed by atoms with Gasteiger partial charge in [-0.05, 0) is 55.3 Å². The van der Waals surface area contributed by atoms with Gasteiger partial charge in [-0.15, -0.1) is 0 Å². The predicted molar refractivity (Wildman–Crippen MR) is 104 cm³/mol. The first kappa shape index (κ1) is 16.8. The molecule has 0 fully saturated rings. The van der Waals surface area contributed by atoms with Crippen LogP contribution < -0.4 is 10.6 Å². The third kappa shape index (κ3) is 3.89. The molecule has 0 spiro atoms. The SMILES string of the molecule is Cc1ccc(N(Cc2ccc(N)cc2)C(=O)c2ccccc2C)cc1. The lowest BCUT2D eigenvalue weighted by atomic mass is 10.1. The van der Waals surface area contributed by atoms with E-state index >= 15 is 0 Å². The van der Waals surface area contributed by atoms with E-state index < -0.39 is 0 Å². The number of benzene rings is 3. The van der Waals surface area contributed by atoms with Crippen LogP contribution in [0.2, 0.25) is 0 Å². The Morgan fingerprint density at radius 3 is 2.16 bits per heavy atom. The highest BCUT2D eigenvalue weighted by Crippen LogP contribution is 2.22. The normalized spacial score (nSPS) is 10.5. The van der Waals surface area contributed by atoms with E-state index in [4.69, 9.17) is 5.73 Å². The predicted octanol–water partition coefficient (Wildman–Crippen LogP) is 4.73. The topological polar surface area (TPSA) is 46.3 Å². The molecule has 0 saturated carbocycles. The van der Waals surface area contributed by atoms with Crippen molar-refractivity contribution in [2.24, 2.45) is 0 Å². The van der Waals surface area contributed by atoms with Crippen molar-refractivity contribution >= 4 is 17.3 Å². The molecule has 3 rings (SSSR count). The van der Waals surface area contributed by atoms with E-state index in [1.54, 1.807) is 0 Å². The van der Waals surface area contributed by atoms with Crippen molar-refractivity contribution in [2.75, 3.05) is 10.6 Å². The summed E-state index contributed by atoms with van der Waals surface area (Å²) < 4.78 is 0. The molecule has 3 heteroatoms. The molecule has 0 radical (unpaired) electrons. The molecule has 3 nitrogen and oxygen atoms in total. The summed E-state index contributed by atoms with van der Waals surface area (Å²) >= 11 is 0. The number of nitrogens with two attached hydrogens (primary N) is 1. The second kappa shape index (κ2) is 7.22. The molecule has 0 saturated heterocycles. The lowest BCUT2D eigenvalue weighted by Gasteiger charge is -2.24. The van der Waals surface area contributed by atoms with Gasteiger partial charge in [-0.2, -0.15) is 0 Å². The van der Waals surface area contributed by atoms with Crippen LogP contribution in [-0.2, 0) is 6.54 Å². The fourth-order valence-electron chi connectivity index (χ4n) is 2.77. The highest BCUT2D eigenvalue weighted by molar-refractivity contribution is 6.06. The summed E-state index contributed by atoms with van der Waals surface area (Å²) in [5, 5.41) is 0. The maximum absolute atomic E-state index is 13.2. The molecular weight excluding hydrogens is 308 g/mol. The second-order valence-electron chi connectivity index (χ2n) is 6.28. The van der Waals surface area contributed by atoms with Crippen molar-refractivity contribution in [1.29, 1.82) is 0 Å². The van der Waals surface area contributed by atoms with Crippen LogP contribution in [0.15, 0.2) is 72.8 Å². The summed E-state index contributed by atoms with van der Waals surface area (Å²) in [5.41, 5.74) is 11.3. The second-order valence-corrected chi connectivity index (χ2v) is 6.28. The van der Waals surface area contributed by atoms with Crippen LogP contribution in [0.25, 0.3) is 0 Å². The quantitative estimate of drug-likeness (QED) is 0.703. The van der Waals surface area contributed by atoms with Gasteiger partial charge in [0.1, 0.15) is 0 Å². The fraction of sp³-hybridized carbons (Fsp3) is 0.136. The van der Waals surface area contributed by atoms with Crippen molar-refractivity contribution in [3.8, 4) is 0 Å². The molecule has 2 N–H and O–H groups in total. The summed E-state index contributed by atoms with van der Waals surface area (Å²) in [6.45, 7) is 4.50. The monoisotopic (exact) mass is 330 g/mol. The van der Waals surface area contributed by atoms with Crippen LogP contribution in [0.3, 0.4) is 0 Å². The minimum atomic E-state index is -0.00113. The third-order valence-electron chi connectivity index (χ3n) is 4.29. The number of nitrogen functional groups attached to an aromatic ring is 1.